The summed E-state index contributed by atoms with van der Waals surface area (Å²) < 4.78 is 5.28. The molecule has 0 bridgehead atoms. The minimum atomic E-state index is 0.446. The number of benzene rings is 1. The Morgan fingerprint density at radius 1 is 1.18 bits per heavy atom. The van der Waals surface area contributed by atoms with Crippen LogP contribution >= 0.6 is 0 Å². The molecule has 3 heteroatoms. The molecule has 0 radical (unpaired) electrons. The molecule has 0 aliphatic heterocycles. The molecular formula is C14H16N2O. The first kappa shape index (κ1) is 10.4. The number of hydrogen-bond donors (Lipinski definition) is 1. The highest BCUT2D eigenvalue weighted by Crippen LogP contribution is 2.39. The standard InChI is InChI=1S/C14H16N2O/c15-14-9-13(17-16-14)12-8-4-3-7-11(12)10-5-1-2-6-10/h3-4,7-10H,1-2,5-6H2,(H2,15,16). The highest BCUT2D eigenvalue weighted by Gasteiger charge is 2.21. The second-order valence-corrected chi connectivity index (χ2v) is 4.68. The van der Waals surface area contributed by atoms with Crippen molar-refractivity contribution < 1.29 is 4.52 Å². The summed E-state index contributed by atoms with van der Waals surface area (Å²) in [5, 5.41) is 3.76. The molecule has 17 heavy (non-hydrogen) atoms. The fourth-order valence-electron chi connectivity index (χ4n) is 2.73. The molecule has 1 saturated carbocycles. The molecule has 0 saturated heterocycles. The van der Waals surface area contributed by atoms with Crippen LogP contribution < -0.4 is 5.73 Å². The largest absolute Gasteiger partial charge is 0.381 e. The summed E-state index contributed by atoms with van der Waals surface area (Å²) in [5.74, 6) is 1.89. The van der Waals surface area contributed by atoms with E-state index in [9.17, 15) is 0 Å². The van der Waals surface area contributed by atoms with Crippen LogP contribution in [0.1, 0.15) is 37.2 Å². The zero-order chi connectivity index (χ0) is 11.7. The number of aromatic nitrogens is 1. The van der Waals surface area contributed by atoms with Gasteiger partial charge >= 0.3 is 0 Å². The van der Waals surface area contributed by atoms with Crippen LogP contribution in [0.15, 0.2) is 34.9 Å². The van der Waals surface area contributed by atoms with Gasteiger partial charge in [0.2, 0.25) is 0 Å². The van der Waals surface area contributed by atoms with Crippen LogP contribution in [0, 0.1) is 0 Å². The van der Waals surface area contributed by atoms with Crippen LogP contribution in [0.25, 0.3) is 11.3 Å². The van der Waals surface area contributed by atoms with Crippen LogP contribution in [-0.2, 0) is 0 Å². The van der Waals surface area contributed by atoms with E-state index in [0.717, 1.165) is 11.3 Å². The number of nitrogens with two attached hydrogens (primary N) is 1. The normalized spacial score (nSPS) is 16.5. The van der Waals surface area contributed by atoms with E-state index in [0.29, 0.717) is 11.7 Å². The predicted molar refractivity (Wildman–Crippen MR) is 67.6 cm³/mol. The van der Waals surface area contributed by atoms with E-state index in [1.54, 1.807) is 6.07 Å². The topological polar surface area (TPSA) is 52.0 Å². The molecule has 0 spiro atoms. The first-order valence-electron chi connectivity index (χ1n) is 6.16. The fourth-order valence-corrected chi connectivity index (χ4v) is 2.73. The lowest BCUT2D eigenvalue weighted by molar-refractivity contribution is 0.435. The molecule has 0 atom stereocenters. The van der Waals surface area contributed by atoms with Crippen molar-refractivity contribution in [3.63, 3.8) is 0 Å². The summed E-state index contributed by atoms with van der Waals surface area (Å²) in [6, 6.07) is 10.2. The zero-order valence-electron chi connectivity index (χ0n) is 9.73. The van der Waals surface area contributed by atoms with Crippen molar-refractivity contribution in [2.24, 2.45) is 0 Å². The smallest absolute Gasteiger partial charge is 0.169 e. The second-order valence-electron chi connectivity index (χ2n) is 4.68. The monoisotopic (exact) mass is 228 g/mol. The van der Waals surface area contributed by atoms with E-state index < -0.39 is 0 Å². The Kier molecular flexibility index (Phi) is 2.59. The van der Waals surface area contributed by atoms with Crippen molar-refractivity contribution in [1.82, 2.24) is 5.16 Å². The van der Waals surface area contributed by atoms with E-state index in [-0.39, 0.29) is 0 Å². The van der Waals surface area contributed by atoms with Crippen molar-refractivity contribution in [1.29, 1.82) is 0 Å². The van der Waals surface area contributed by atoms with Gasteiger partial charge in [-0.05, 0) is 24.3 Å². The summed E-state index contributed by atoms with van der Waals surface area (Å²) in [5.41, 5.74) is 8.13. The van der Waals surface area contributed by atoms with Crippen molar-refractivity contribution in [3.05, 3.63) is 35.9 Å². The maximum atomic E-state index is 5.61. The van der Waals surface area contributed by atoms with E-state index in [1.165, 1.54) is 31.2 Å². The molecule has 0 unspecified atom stereocenters. The SMILES string of the molecule is Nc1cc(-c2ccccc2C2CCCC2)on1. The van der Waals surface area contributed by atoms with E-state index in [1.807, 2.05) is 6.07 Å². The lowest BCUT2D eigenvalue weighted by Crippen LogP contribution is -1.95. The molecular weight excluding hydrogens is 212 g/mol. The third kappa shape index (κ3) is 1.93. The Morgan fingerprint density at radius 3 is 2.65 bits per heavy atom. The molecule has 1 aliphatic carbocycles. The lowest BCUT2D eigenvalue weighted by Gasteiger charge is -2.13. The third-order valence-electron chi connectivity index (χ3n) is 3.55. The Labute approximate surface area is 101 Å². The molecule has 0 amide bonds. The van der Waals surface area contributed by atoms with Gasteiger partial charge in [-0.25, -0.2) is 0 Å². The van der Waals surface area contributed by atoms with E-state index >= 15 is 0 Å². The Morgan fingerprint density at radius 2 is 1.94 bits per heavy atom. The average molecular weight is 228 g/mol. The molecule has 88 valence electrons. The molecule has 3 nitrogen and oxygen atoms in total. The van der Waals surface area contributed by atoms with Crippen molar-refractivity contribution >= 4 is 5.82 Å². The summed E-state index contributed by atoms with van der Waals surface area (Å²) in [6.45, 7) is 0. The van der Waals surface area contributed by atoms with Crippen molar-refractivity contribution in [3.8, 4) is 11.3 Å². The highest BCUT2D eigenvalue weighted by atomic mass is 16.5. The first-order chi connectivity index (χ1) is 8.34. The number of rotatable bonds is 2. The Hall–Kier alpha value is -1.77. The summed E-state index contributed by atoms with van der Waals surface area (Å²) >= 11 is 0. The molecule has 2 aromatic rings. The highest BCUT2D eigenvalue weighted by molar-refractivity contribution is 5.65. The molecule has 1 aromatic heterocycles. The molecule has 1 fully saturated rings. The van der Waals surface area contributed by atoms with Gasteiger partial charge in [-0.15, -0.1) is 0 Å². The second kappa shape index (κ2) is 4.24. The van der Waals surface area contributed by atoms with Crippen molar-refractivity contribution in [2.75, 3.05) is 5.73 Å². The van der Waals surface area contributed by atoms with Crippen LogP contribution in [0.3, 0.4) is 0 Å². The van der Waals surface area contributed by atoms with Crippen LogP contribution in [-0.4, -0.2) is 5.16 Å². The number of nitrogen functional groups attached to an aromatic ring is 1. The minimum absolute atomic E-state index is 0.446. The maximum Gasteiger partial charge on any atom is 0.169 e. The fraction of sp³-hybridized carbons (Fsp3) is 0.357. The first-order valence-corrected chi connectivity index (χ1v) is 6.16. The van der Waals surface area contributed by atoms with Crippen LogP contribution in [0.5, 0.6) is 0 Å². The average Bonchev–Trinajstić information content (AvgIpc) is 3.00. The maximum absolute atomic E-state index is 5.61. The van der Waals surface area contributed by atoms with Gasteiger partial charge in [0.25, 0.3) is 0 Å². The van der Waals surface area contributed by atoms with Gasteiger partial charge in [-0.1, -0.05) is 42.3 Å². The number of nitrogens with zero attached hydrogens (tertiary/aromatic N) is 1. The van der Waals surface area contributed by atoms with Gasteiger partial charge < -0.3 is 10.3 Å². The molecule has 1 heterocycles. The summed E-state index contributed by atoms with van der Waals surface area (Å²) in [4.78, 5) is 0. The number of anilines is 1. The Balaban J connectivity index is 2.03. The van der Waals surface area contributed by atoms with Gasteiger partial charge in [-0.3, -0.25) is 0 Å². The number of hydrogen-bond acceptors (Lipinski definition) is 3. The zero-order valence-corrected chi connectivity index (χ0v) is 9.73. The van der Waals surface area contributed by atoms with E-state index in [4.69, 9.17) is 10.3 Å². The molecule has 1 aromatic carbocycles. The molecule has 1 aliphatic rings. The summed E-state index contributed by atoms with van der Waals surface area (Å²) in [7, 11) is 0. The van der Waals surface area contributed by atoms with Crippen LogP contribution in [0.4, 0.5) is 5.82 Å². The third-order valence-corrected chi connectivity index (χ3v) is 3.55. The van der Waals surface area contributed by atoms with Gasteiger partial charge in [0.1, 0.15) is 0 Å². The molecule has 3 rings (SSSR count). The quantitative estimate of drug-likeness (QED) is 0.854. The van der Waals surface area contributed by atoms with E-state index in [2.05, 4.69) is 23.4 Å². The summed E-state index contributed by atoms with van der Waals surface area (Å²) in [6.07, 6.45) is 5.22. The van der Waals surface area contributed by atoms with Gasteiger partial charge in [0, 0.05) is 11.6 Å². The predicted octanol–water partition coefficient (Wildman–Crippen LogP) is 3.58. The Bertz CT molecular complexity index is 512. The van der Waals surface area contributed by atoms with Crippen molar-refractivity contribution in [2.45, 2.75) is 31.6 Å². The molecule has 2 N–H and O–H groups in total. The van der Waals surface area contributed by atoms with Crippen LogP contribution in [0.2, 0.25) is 0 Å². The van der Waals surface area contributed by atoms with Gasteiger partial charge in [-0.2, -0.15) is 0 Å². The lowest BCUT2D eigenvalue weighted by atomic mass is 9.92. The van der Waals surface area contributed by atoms with Gasteiger partial charge in [0.15, 0.2) is 11.6 Å². The van der Waals surface area contributed by atoms with Gasteiger partial charge in [0.05, 0.1) is 0 Å². The minimum Gasteiger partial charge on any atom is -0.381 e.